The summed E-state index contributed by atoms with van der Waals surface area (Å²) in [4.78, 5) is 42.7. The van der Waals surface area contributed by atoms with Gasteiger partial charge in [0.15, 0.2) is 16.3 Å². The molecule has 0 saturated heterocycles. The first-order valence-electron chi connectivity index (χ1n) is 13.0. The smallest absolute Gasteiger partial charge is 0.338 e. The normalized spacial score (nSPS) is 14.9. The van der Waals surface area contributed by atoms with Gasteiger partial charge in [-0.3, -0.25) is 19.5 Å². The molecule has 0 spiro atoms. The highest BCUT2D eigenvalue weighted by Crippen LogP contribution is 2.36. The zero-order valence-electron chi connectivity index (χ0n) is 22.8. The average molecular weight is 566 g/mol. The van der Waals surface area contributed by atoms with E-state index in [1.807, 2.05) is 0 Å². The van der Waals surface area contributed by atoms with Crippen LogP contribution >= 0.6 is 11.3 Å². The van der Waals surface area contributed by atoms with E-state index in [9.17, 15) is 19.7 Å². The zero-order valence-corrected chi connectivity index (χ0v) is 23.7. The van der Waals surface area contributed by atoms with Gasteiger partial charge in [-0.25, -0.2) is 9.79 Å². The summed E-state index contributed by atoms with van der Waals surface area (Å²) in [7, 11) is 1.54. The fourth-order valence-electron chi connectivity index (χ4n) is 4.49. The largest absolute Gasteiger partial charge is 0.493 e. The van der Waals surface area contributed by atoms with Crippen LogP contribution in [0, 0.1) is 10.1 Å². The van der Waals surface area contributed by atoms with Crippen molar-refractivity contribution in [1.82, 2.24) is 4.57 Å². The monoisotopic (exact) mass is 565 g/mol. The molecule has 1 aliphatic rings. The number of ether oxygens (including phenoxy) is 3. The standard InChI is InChI=1S/C29H31N3O7S/c1-5-7-8-14-39-22-13-12-20(17-23(22)37-4)26-25(28(34)38-6-2)18(3)30-29-31(26)27(33)24(40-29)16-19-10-9-11-21(15-19)32(35)36/h9-13,15-17,26H,5-8,14H2,1-4H3. The number of hydrogen-bond acceptors (Lipinski definition) is 9. The number of carbonyl (C=O) groups is 1. The zero-order chi connectivity index (χ0) is 28.8. The summed E-state index contributed by atoms with van der Waals surface area (Å²) in [6, 6.07) is 10.5. The number of nitrogens with zero attached hydrogens (tertiary/aromatic N) is 3. The Balaban J connectivity index is 1.86. The topological polar surface area (TPSA) is 122 Å². The Kier molecular flexibility index (Phi) is 9.15. The third kappa shape index (κ3) is 5.99. The highest BCUT2D eigenvalue weighted by molar-refractivity contribution is 7.07. The molecular weight excluding hydrogens is 534 g/mol. The average Bonchev–Trinajstić information content (AvgIpc) is 3.24. The summed E-state index contributed by atoms with van der Waals surface area (Å²) >= 11 is 1.15. The third-order valence-corrected chi connectivity index (χ3v) is 7.39. The van der Waals surface area contributed by atoms with Crippen molar-refractivity contribution in [3.63, 3.8) is 0 Å². The number of methoxy groups -OCH3 is 1. The van der Waals surface area contributed by atoms with Crippen LogP contribution < -0.4 is 24.4 Å². The van der Waals surface area contributed by atoms with Crippen molar-refractivity contribution in [2.75, 3.05) is 20.3 Å². The number of aromatic nitrogens is 1. The van der Waals surface area contributed by atoms with Crippen LogP contribution in [-0.2, 0) is 9.53 Å². The minimum absolute atomic E-state index is 0.0797. The molecule has 0 saturated carbocycles. The summed E-state index contributed by atoms with van der Waals surface area (Å²) < 4.78 is 18.7. The maximum absolute atomic E-state index is 13.8. The van der Waals surface area contributed by atoms with E-state index in [0.29, 0.717) is 44.3 Å². The maximum Gasteiger partial charge on any atom is 0.338 e. The molecule has 0 aliphatic carbocycles. The van der Waals surface area contributed by atoms with Crippen LogP contribution in [0.15, 0.2) is 63.5 Å². The van der Waals surface area contributed by atoms with E-state index in [2.05, 4.69) is 11.9 Å². The minimum Gasteiger partial charge on any atom is -0.493 e. The molecule has 1 aromatic heterocycles. The molecule has 210 valence electrons. The van der Waals surface area contributed by atoms with Crippen molar-refractivity contribution < 1.29 is 23.9 Å². The van der Waals surface area contributed by atoms with Gasteiger partial charge in [-0.15, -0.1) is 0 Å². The van der Waals surface area contributed by atoms with E-state index in [-0.39, 0.29) is 23.4 Å². The minimum atomic E-state index is -0.828. The van der Waals surface area contributed by atoms with Gasteiger partial charge in [0.25, 0.3) is 11.2 Å². The van der Waals surface area contributed by atoms with E-state index in [0.717, 1.165) is 30.6 Å². The predicted octanol–water partition coefficient (Wildman–Crippen LogP) is 4.28. The molecule has 40 heavy (non-hydrogen) atoms. The molecule has 0 amide bonds. The summed E-state index contributed by atoms with van der Waals surface area (Å²) in [5.41, 5.74) is 1.35. The van der Waals surface area contributed by atoms with Crippen LogP contribution in [0.3, 0.4) is 0 Å². The van der Waals surface area contributed by atoms with E-state index in [1.165, 1.54) is 23.8 Å². The summed E-state index contributed by atoms with van der Waals surface area (Å²) in [6.07, 6.45) is 4.63. The van der Waals surface area contributed by atoms with Gasteiger partial charge in [0.2, 0.25) is 0 Å². The quantitative estimate of drug-likeness (QED) is 0.147. The molecular formula is C29H31N3O7S. The fourth-order valence-corrected chi connectivity index (χ4v) is 5.54. The number of nitro benzene ring substituents is 1. The molecule has 4 rings (SSSR count). The van der Waals surface area contributed by atoms with Crippen molar-refractivity contribution >= 4 is 29.1 Å². The lowest BCUT2D eigenvalue weighted by atomic mass is 9.95. The fraction of sp³-hybridized carbons (Fsp3) is 0.345. The number of thiazole rings is 1. The molecule has 3 aromatic rings. The van der Waals surface area contributed by atoms with Gasteiger partial charge in [-0.2, -0.15) is 0 Å². The van der Waals surface area contributed by atoms with Gasteiger partial charge in [0, 0.05) is 12.1 Å². The van der Waals surface area contributed by atoms with Crippen LogP contribution in [0.5, 0.6) is 11.5 Å². The Morgan fingerprint density at radius 3 is 2.67 bits per heavy atom. The number of carbonyl (C=O) groups excluding carboxylic acids is 1. The first-order chi connectivity index (χ1) is 19.3. The van der Waals surface area contributed by atoms with Crippen molar-refractivity contribution in [3.05, 3.63) is 94.7 Å². The van der Waals surface area contributed by atoms with Gasteiger partial charge in [-0.1, -0.05) is 49.3 Å². The third-order valence-electron chi connectivity index (χ3n) is 6.40. The van der Waals surface area contributed by atoms with Gasteiger partial charge in [0.05, 0.1) is 47.1 Å². The number of rotatable bonds is 11. The molecule has 0 fully saturated rings. The summed E-state index contributed by atoms with van der Waals surface area (Å²) in [5, 5.41) is 11.2. The summed E-state index contributed by atoms with van der Waals surface area (Å²) in [5.74, 6) is 0.477. The molecule has 1 atom stereocenters. The number of unbranched alkanes of at least 4 members (excludes halogenated alkanes) is 2. The van der Waals surface area contributed by atoms with Gasteiger partial charge < -0.3 is 14.2 Å². The second kappa shape index (κ2) is 12.7. The van der Waals surface area contributed by atoms with Crippen LogP contribution in [0.2, 0.25) is 0 Å². The predicted molar refractivity (Wildman–Crippen MR) is 152 cm³/mol. The van der Waals surface area contributed by atoms with E-state index < -0.39 is 16.9 Å². The highest BCUT2D eigenvalue weighted by Gasteiger charge is 2.34. The summed E-state index contributed by atoms with van der Waals surface area (Å²) in [6.45, 7) is 6.25. The molecule has 1 unspecified atom stereocenters. The van der Waals surface area contributed by atoms with Crippen LogP contribution in [0.25, 0.3) is 6.08 Å². The Morgan fingerprint density at radius 1 is 1.18 bits per heavy atom. The van der Waals surface area contributed by atoms with Crippen molar-refractivity contribution in [2.24, 2.45) is 4.99 Å². The number of hydrogen-bond donors (Lipinski definition) is 0. The van der Waals surface area contributed by atoms with Gasteiger partial charge in [-0.05, 0) is 49.6 Å². The van der Waals surface area contributed by atoms with Gasteiger partial charge in [0.1, 0.15) is 0 Å². The van der Waals surface area contributed by atoms with Crippen LogP contribution in [-0.4, -0.2) is 35.8 Å². The number of fused-ring (bicyclic) bond motifs is 1. The lowest BCUT2D eigenvalue weighted by Crippen LogP contribution is -2.40. The second-order valence-corrected chi connectivity index (χ2v) is 10.1. The number of non-ortho nitro benzene ring substituents is 1. The van der Waals surface area contributed by atoms with Crippen LogP contribution in [0.1, 0.15) is 57.2 Å². The molecule has 0 bridgehead atoms. The van der Waals surface area contributed by atoms with E-state index in [1.54, 1.807) is 50.3 Å². The van der Waals surface area contributed by atoms with Gasteiger partial charge >= 0.3 is 5.97 Å². The number of nitro groups is 1. The van der Waals surface area contributed by atoms with E-state index >= 15 is 0 Å². The number of esters is 1. The van der Waals surface area contributed by atoms with Crippen LogP contribution in [0.4, 0.5) is 5.69 Å². The maximum atomic E-state index is 13.8. The molecule has 1 aliphatic heterocycles. The number of allylic oxidation sites excluding steroid dienone is 1. The van der Waals surface area contributed by atoms with Crippen molar-refractivity contribution in [2.45, 2.75) is 46.1 Å². The lowest BCUT2D eigenvalue weighted by molar-refractivity contribution is -0.384. The first-order valence-corrected chi connectivity index (χ1v) is 13.9. The molecule has 10 nitrogen and oxygen atoms in total. The first kappa shape index (κ1) is 28.8. The molecule has 2 heterocycles. The Bertz CT molecular complexity index is 1640. The molecule has 0 N–H and O–H groups in total. The molecule has 11 heteroatoms. The van der Waals surface area contributed by atoms with E-state index in [4.69, 9.17) is 14.2 Å². The molecule has 0 radical (unpaired) electrons. The molecule has 2 aromatic carbocycles. The Labute approximate surface area is 235 Å². The Morgan fingerprint density at radius 2 is 1.98 bits per heavy atom. The second-order valence-electron chi connectivity index (χ2n) is 9.12. The Hall–Kier alpha value is -4.25. The lowest BCUT2D eigenvalue weighted by Gasteiger charge is -2.25. The van der Waals surface area contributed by atoms with Crippen molar-refractivity contribution in [1.29, 1.82) is 0 Å². The van der Waals surface area contributed by atoms with Crippen molar-refractivity contribution in [3.8, 4) is 11.5 Å². The SMILES string of the molecule is CCCCCOc1ccc(C2C(C(=O)OCC)=C(C)N=c3sc(=Cc4cccc([N+](=O)[O-])c4)c(=O)n32)cc1OC. The highest BCUT2D eigenvalue weighted by atomic mass is 32.1. The number of benzene rings is 2.